The van der Waals surface area contributed by atoms with Gasteiger partial charge >= 0.3 is 0 Å². The van der Waals surface area contributed by atoms with Crippen LogP contribution in [0.3, 0.4) is 0 Å². The number of anilines is 3. The molecule has 0 saturated carbocycles. The zero-order valence-electron chi connectivity index (χ0n) is 12.6. The number of nitrogens with one attached hydrogen (secondary N) is 1. The molecule has 7 nitrogen and oxygen atoms in total. The summed E-state index contributed by atoms with van der Waals surface area (Å²) >= 11 is 12.0. The van der Waals surface area contributed by atoms with E-state index in [1.165, 1.54) is 0 Å². The van der Waals surface area contributed by atoms with Gasteiger partial charge in [0.05, 0.1) is 15.7 Å². The van der Waals surface area contributed by atoms with Crippen molar-refractivity contribution in [1.82, 2.24) is 10.3 Å². The van der Waals surface area contributed by atoms with Crippen LogP contribution in [0.5, 0.6) is 0 Å². The van der Waals surface area contributed by atoms with E-state index in [4.69, 9.17) is 39.0 Å². The standard InChI is InChI=1S/C14H16Cl2N6O/c1-7(2)6-21-11(17)12(18)22(14-13(21)19-23-20-14)8-3-4-9(15)10(16)5-8/h3-5,7,11,18H,6,17H2,1-2H3. The summed E-state index contributed by atoms with van der Waals surface area (Å²) in [6.07, 6.45) is -0.661. The lowest BCUT2D eigenvalue weighted by Crippen LogP contribution is -2.57. The van der Waals surface area contributed by atoms with Crippen molar-refractivity contribution in [3.63, 3.8) is 0 Å². The second-order valence-corrected chi connectivity index (χ2v) is 6.54. The Kier molecular flexibility index (Phi) is 4.18. The number of rotatable bonds is 3. The van der Waals surface area contributed by atoms with Crippen molar-refractivity contribution in [3.05, 3.63) is 28.2 Å². The number of hydrogen-bond donors (Lipinski definition) is 2. The topological polar surface area (TPSA) is 95.3 Å². The molecule has 2 heterocycles. The zero-order chi connectivity index (χ0) is 16.7. The van der Waals surface area contributed by atoms with E-state index in [9.17, 15) is 0 Å². The molecule has 0 fully saturated rings. The normalized spacial score (nSPS) is 17.8. The summed E-state index contributed by atoms with van der Waals surface area (Å²) in [4.78, 5) is 3.38. The third-order valence-electron chi connectivity index (χ3n) is 3.52. The van der Waals surface area contributed by atoms with Crippen molar-refractivity contribution in [2.24, 2.45) is 11.7 Å². The van der Waals surface area contributed by atoms with E-state index in [-0.39, 0.29) is 5.84 Å². The summed E-state index contributed by atoms with van der Waals surface area (Å²) in [6.45, 7) is 4.77. The Morgan fingerprint density at radius 3 is 2.61 bits per heavy atom. The summed E-state index contributed by atoms with van der Waals surface area (Å²) in [6, 6.07) is 5.06. The highest BCUT2D eigenvalue weighted by Gasteiger charge is 2.38. The highest BCUT2D eigenvalue weighted by Crippen LogP contribution is 2.39. The number of halogens is 2. The number of hydrogen-bond acceptors (Lipinski definition) is 6. The van der Waals surface area contributed by atoms with E-state index in [0.29, 0.717) is 39.8 Å². The molecule has 1 atom stereocenters. The van der Waals surface area contributed by atoms with E-state index in [0.717, 1.165) is 0 Å². The third-order valence-corrected chi connectivity index (χ3v) is 4.26. The number of benzene rings is 1. The molecule has 0 saturated heterocycles. The van der Waals surface area contributed by atoms with Gasteiger partial charge in [-0.05, 0) is 34.4 Å². The molecule has 1 aromatic heterocycles. The number of aromatic nitrogens is 2. The number of nitrogens with zero attached hydrogens (tertiary/aromatic N) is 4. The molecule has 0 radical (unpaired) electrons. The minimum atomic E-state index is -0.661. The van der Waals surface area contributed by atoms with Crippen molar-refractivity contribution in [3.8, 4) is 0 Å². The largest absolute Gasteiger partial charge is 0.328 e. The molecule has 1 aliphatic rings. The van der Waals surface area contributed by atoms with Crippen LogP contribution in [0.1, 0.15) is 13.8 Å². The van der Waals surface area contributed by atoms with Crippen LogP contribution in [-0.2, 0) is 0 Å². The molecule has 122 valence electrons. The molecular formula is C14H16Cl2N6O. The average Bonchev–Trinajstić information content (AvgIpc) is 2.96. The van der Waals surface area contributed by atoms with Gasteiger partial charge in [0.15, 0.2) is 0 Å². The van der Waals surface area contributed by atoms with Crippen LogP contribution in [0, 0.1) is 11.3 Å². The first-order valence-electron chi connectivity index (χ1n) is 7.08. The van der Waals surface area contributed by atoms with E-state index >= 15 is 0 Å². The van der Waals surface area contributed by atoms with Gasteiger partial charge in [0, 0.05) is 6.54 Å². The van der Waals surface area contributed by atoms with Gasteiger partial charge < -0.3 is 10.6 Å². The Hall–Kier alpha value is -1.83. The summed E-state index contributed by atoms with van der Waals surface area (Å²) < 4.78 is 4.89. The molecule has 1 aliphatic heterocycles. The van der Waals surface area contributed by atoms with E-state index in [2.05, 4.69) is 24.2 Å². The molecule has 3 N–H and O–H groups in total. The molecule has 0 amide bonds. The number of nitrogens with two attached hydrogens (primary N) is 1. The van der Waals surface area contributed by atoms with Crippen molar-refractivity contribution in [1.29, 1.82) is 5.41 Å². The van der Waals surface area contributed by atoms with Gasteiger partial charge in [0.1, 0.15) is 12.0 Å². The van der Waals surface area contributed by atoms with Gasteiger partial charge in [-0.15, -0.1) is 0 Å². The SMILES string of the molecule is CC(C)CN1c2nonc2N(c2ccc(Cl)c(Cl)c2)C(=N)C1N. The van der Waals surface area contributed by atoms with Crippen LogP contribution in [-0.4, -0.2) is 28.9 Å². The van der Waals surface area contributed by atoms with E-state index in [1.807, 2.05) is 4.90 Å². The number of fused-ring (bicyclic) bond motifs is 1. The van der Waals surface area contributed by atoms with Gasteiger partial charge in [-0.2, -0.15) is 0 Å². The van der Waals surface area contributed by atoms with Gasteiger partial charge in [-0.3, -0.25) is 10.3 Å². The lowest BCUT2D eigenvalue weighted by molar-refractivity contribution is 0.308. The molecule has 9 heteroatoms. The molecule has 1 unspecified atom stereocenters. The van der Waals surface area contributed by atoms with Crippen LogP contribution in [0.4, 0.5) is 17.3 Å². The first-order valence-corrected chi connectivity index (χ1v) is 7.84. The van der Waals surface area contributed by atoms with Crippen LogP contribution >= 0.6 is 23.2 Å². The molecule has 0 aliphatic carbocycles. The first-order chi connectivity index (χ1) is 10.9. The highest BCUT2D eigenvalue weighted by atomic mass is 35.5. The van der Waals surface area contributed by atoms with Crippen molar-refractivity contribution < 1.29 is 4.63 Å². The summed E-state index contributed by atoms with van der Waals surface area (Å²) in [7, 11) is 0. The van der Waals surface area contributed by atoms with Crippen LogP contribution < -0.4 is 15.5 Å². The maximum absolute atomic E-state index is 8.43. The molecule has 1 aromatic carbocycles. The maximum Gasteiger partial charge on any atom is 0.228 e. The Balaban J connectivity index is 2.08. The first kappa shape index (κ1) is 16.0. The summed E-state index contributed by atoms with van der Waals surface area (Å²) in [5.41, 5.74) is 6.86. The fraction of sp³-hybridized carbons (Fsp3) is 0.357. The van der Waals surface area contributed by atoms with Crippen LogP contribution in [0.15, 0.2) is 22.8 Å². The fourth-order valence-corrected chi connectivity index (χ4v) is 2.80. The van der Waals surface area contributed by atoms with Gasteiger partial charge in [0.25, 0.3) is 0 Å². The lowest BCUT2D eigenvalue weighted by atomic mass is 10.1. The van der Waals surface area contributed by atoms with Crippen LogP contribution in [0.25, 0.3) is 0 Å². The number of amidine groups is 1. The Bertz CT molecular complexity index is 747. The molecular weight excluding hydrogens is 339 g/mol. The minimum absolute atomic E-state index is 0.159. The lowest BCUT2D eigenvalue weighted by Gasteiger charge is -2.39. The van der Waals surface area contributed by atoms with Crippen molar-refractivity contribution in [2.75, 3.05) is 16.3 Å². The summed E-state index contributed by atoms with van der Waals surface area (Å²) in [5.74, 6) is 1.42. The van der Waals surface area contributed by atoms with Crippen LogP contribution in [0.2, 0.25) is 10.0 Å². The fourth-order valence-electron chi connectivity index (χ4n) is 2.51. The maximum atomic E-state index is 8.43. The predicted octanol–water partition coefficient (Wildman–Crippen LogP) is 3.25. The monoisotopic (exact) mass is 354 g/mol. The second-order valence-electron chi connectivity index (χ2n) is 5.72. The van der Waals surface area contributed by atoms with Gasteiger partial charge in [-0.25, -0.2) is 4.63 Å². The Morgan fingerprint density at radius 2 is 1.96 bits per heavy atom. The molecule has 3 rings (SSSR count). The minimum Gasteiger partial charge on any atom is -0.328 e. The second kappa shape index (κ2) is 5.99. The highest BCUT2D eigenvalue weighted by molar-refractivity contribution is 6.42. The quantitative estimate of drug-likeness (QED) is 0.878. The third kappa shape index (κ3) is 2.75. The van der Waals surface area contributed by atoms with Gasteiger partial charge in [0.2, 0.25) is 11.6 Å². The van der Waals surface area contributed by atoms with Gasteiger partial charge in [-0.1, -0.05) is 37.0 Å². The summed E-state index contributed by atoms with van der Waals surface area (Å²) in [5, 5.41) is 17.1. The Labute approximate surface area is 143 Å². The molecule has 0 spiro atoms. The zero-order valence-corrected chi connectivity index (χ0v) is 14.1. The Morgan fingerprint density at radius 1 is 1.26 bits per heavy atom. The van der Waals surface area contributed by atoms with E-state index in [1.54, 1.807) is 23.1 Å². The molecule has 2 aromatic rings. The predicted molar refractivity (Wildman–Crippen MR) is 90.8 cm³/mol. The molecule has 0 bridgehead atoms. The van der Waals surface area contributed by atoms with Crippen molar-refractivity contribution >= 4 is 46.4 Å². The molecule has 23 heavy (non-hydrogen) atoms. The average molecular weight is 355 g/mol. The smallest absolute Gasteiger partial charge is 0.228 e. The van der Waals surface area contributed by atoms with E-state index < -0.39 is 6.17 Å². The van der Waals surface area contributed by atoms with Crippen molar-refractivity contribution in [2.45, 2.75) is 20.0 Å².